The van der Waals surface area contributed by atoms with Crippen molar-refractivity contribution in [3.05, 3.63) is 296 Å². The average molecular weight is 933 g/mol. The standard InChI is InChI=1S/C69H48N4/c1-9-25-47(26-10-1)55-41-58(49-29-13-3-14-30-49)65-62(43-55)63-44-56(48-27-11-2-12-28-48)42-59(50-31-15-4-16-32-50)66(63)73(65)64-60(51-33-17-5-18-34-51)45-57(46-61(64)52-35-19-6-20-36-52)69-71-67(53-37-21-7-22-38-53)70-68(72-69)54-39-23-8-24-40-54/h1-46,67H,(H,70,71,72). The van der Waals surface area contributed by atoms with E-state index in [-0.39, 0.29) is 6.17 Å². The van der Waals surface area contributed by atoms with Crippen molar-refractivity contribution >= 4 is 33.5 Å². The zero-order valence-electron chi connectivity index (χ0n) is 40.0. The van der Waals surface area contributed by atoms with E-state index >= 15 is 0 Å². The molecule has 0 bridgehead atoms. The van der Waals surface area contributed by atoms with Gasteiger partial charge in [0.05, 0.1) is 16.7 Å². The third kappa shape index (κ3) is 8.21. The number of hydrogen-bond donors (Lipinski definition) is 1. The van der Waals surface area contributed by atoms with E-state index in [9.17, 15) is 0 Å². The molecule has 11 aromatic carbocycles. The van der Waals surface area contributed by atoms with Crippen molar-refractivity contribution in [3.8, 4) is 72.4 Å². The molecule has 73 heavy (non-hydrogen) atoms. The lowest BCUT2D eigenvalue weighted by molar-refractivity contribution is 0.674. The van der Waals surface area contributed by atoms with Gasteiger partial charge in [0.2, 0.25) is 0 Å². The van der Waals surface area contributed by atoms with Crippen LogP contribution in [0.5, 0.6) is 0 Å². The van der Waals surface area contributed by atoms with Crippen LogP contribution in [0.15, 0.2) is 289 Å². The molecule has 4 nitrogen and oxygen atoms in total. The van der Waals surface area contributed by atoms with Gasteiger partial charge in [-0.15, -0.1) is 0 Å². The van der Waals surface area contributed by atoms with Gasteiger partial charge >= 0.3 is 0 Å². The molecule has 1 aromatic heterocycles. The zero-order chi connectivity index (χ0) is 48.5. The van der Waals surface area contributed by atoms with Crippen molar-refractivity contribution in [1.29, 1.82) is 0 Å². The summed E-state index contributed by atoms with van der Waals surface area (Å²) >= 11 is 0. The highest BCUT2D eigenvalue weighted by Gasteiger charge is 2.29. The Morgan fingerprint density at radius 2 is 0.630 bits per heavy atom. The Morgan fingerprint density at radius 3 is 1.03 bits per heavy atom. The monoisotopic (exact) mass is 932 g/mol. The minimum atomic E-state index is -0.360. The quantitative estimate of drug-likeness (QED) is 0.146. The molecule has 0 amide bonds. The van der Waals surface area contributed by atoms with E-state index in [1.807, 2.05) is 24.3 Å². The summed E-state index contributed by atoms with van der Waals surface area (Å²) in [4.78, 5) is 10.6. The van der Waals surface area contributed by atoms with Crippen LogP contribution in [0.3, 0.4) is 0 Å². The van der Waals surface area contributed by atoms with Gasteiger partial charge in [-0.25, -0.2) is 9.98 Å². The first kappa shape index (κ1) is 43.4. The van der Waals surface area contributed by atoms with Crippen molar-refractivity contribution < 1.29 is 0 Å². The van der Waals surface area contributed by atoms with E-state index in [0.29, 0.717) is 5.84 Å². The Hall–Kier alpha value is -9.64. The smallest absolute Gasteiger partial charge is 0.159 e. The number of aliphatic imine (C=N–C) groups is 2. The average Bonchev–Trinajstić information content (AvgIpc) is 3.81. The van der Waals surface area contributed by atoms with Crippen LogP contribution in [-0.2, 0) is 0 Å². The molecule has 12 aromatic rings. The summed E-state index contributed by atoms with van der Waals surface area (Å²) in [6, 6.07) is 100. The number of fused-ring (bicyclic) bond motifs is 3. The molecule has 0 saturated heterocycles. The highest BCUT2D eigenvalue weighted by Crippen LogP contribution is 2.49. The molecular formula is C69H48N4. The fourth-order valence-electron chi connectivity index (χ4n) is 10.6. The molecule has 0 saturated carbocycles. The molecule has 0 radical (unpaired) electrons. The Morgan fingerprint density at radius 1 is 0.301 bits per heavy atom. The summed E-state index contributed by atoms with van der Waals surface area (Å²) in [5.41, 5.74) is 19.8. The third-order valence-electron chi connectivity index (χ3n) is 14.0. The molecule has 1 N–H and O–H groups in total. The summed E-state index contributed by atoms with van der Waals surface area (Å²) in [6.07, 6.45) is -0.360. The van der Waals surface area contributed by atoms with Gasteiger partial charge in [-0.2, -0.15) is 0 Å². The first-order chi connectivity index (χ1) is 36.2. The van der Waals surface area contributed by atoms with Crippen LogP contribution in [0.4, 0.5) is 0 Å². The number of rotatable bonds is 10. The number of nitrogens with zero attached hydrogens (tertiary/aromatic N) is 3. The maximum absolute atomic E-state index is 5.39. The number of hydrogen-bond acceptors (Lipinski definition) is 3. The summed E-state index contributed by atoms with van der Waals surface area (Å²) in [7, 11) is 0. The highest BCUT2D eigenvalue weighted by molar-refractivity contribution is 6.21. The number of aromatic nitrogens is 1. The molecule has 1 unspecified atom stereocenters. The second-order valence-electron chi connectivity index (χ2n) is 18.5. The first-order valence-electron chi connectivity index (χ1n) is 24.9. The van der Waals surface area contributed by atoms with Crippen molar-refractivity contribution in [2.24, 2.45) is 9.98 Å². The molecule has 1 atom stereocenters. The molecule has 1 aliphatic rings. The van der Waals surface area contributed by atoms with Crippen LogP contribution >= 0.6 is 0 Å². The second-order valence-corrected chi connectivity index (χ2v) is 18.5. The van der Waals surface area contributed by atoms with Crippen LogP contribution in [0.2, 0.25) is 0 Å². The summed E-state index contributed by atoms with van der Waals surface area (Å²) < 4.78 is 2.60. The predicted octanol–water partition coefficient (Wildman–Crippen LogP) is 17.3. The number of amidine groups is 2. The van der Waals surface area contributed by atoms with Crippen molar-refractivity contribution in [3.63, 3.8) is 0 Å². The molecular weight excluding hydrogens is 885 g/mol. The van der Waals surface area contributed by atoms with E-state index in [1.54, 1.807) is 0 Å². The minimum absolute atomic E-state index is 0.360. The van der Waals surface area contributed by atoms with E-state index in [2.05, 4.69) is 265 Å². The fraction of sp³-hybridized carbons (Fsp3) is 0.0145. The molecule has 2 heterocycles. The molecule has 4 heteroatoms. The normalized spacial score (nSPS) is 13.3. The van der Waals surface area contributed by atoms with Crippen LogP contribution < -0.4 is 5.32 Å². The van der Waals surface area contributed by atoms with Crippen molar-refractivity contribution in [2.45, 2.75) is 6.17 Å². The Labute approximate surface area is 425 Å². The molecule has 13 rings (SSSR count). The van der Waals surface area contributed by atoms with Crippen molar-refractivity contribution in [1.82, 2.24) is 9.88 Å². The Bertz CT molecular complexity index is 3780. The van der Waals surface area contributed by atoms with Gasteiger partial charge in [0, 0.05) is 44.2 Å². The Balaban J connectivity index is 1.21. The van der Waals surface area contributed by atoms with E-state index in [1.165, 1.54) is 10.8 Å². The van der Waals surface area contributed by atoms with E-state index in [0.717, 1.165) is 106 Å². The topological polar surface area (TPSA) is 41.7 Å². The lowest BCUT2D eigenvalue weighted by atomic mass is 9.91. The summed E-state index contributed by atoms with van der Waals surface area (Å²) in [5, 5.41) is 6.15. The van der Waals surface area contributed by atoms with Gasteiger partial charge in [0.1, 0.15) is 12.0 Å². The molecule has 344 valence electrons. The van der Waals surface area contributed by atoms with Crippen LogP contribution in [0.25, 0.3) is 94.3 Å². The predicted molar refractivity (Wildman–Crippen MR) is 305 cm³/mol. The van der Waals surface area contributed by atoms with Crippen molar-refractivity contribution in [2.75, 3.05) is 0 Å². The fourth-order valence-corrected chi connectivity index (χ4v) is 10.6. The maximum Gasteiger partial charge on any atom is 0.159 e. The SMILES string of the molecule is c1ccc(C2=NC(c3ccccc3)NC(c3cc(-c4ccccc4)c(-n4c5c(-c6ccccc6)cc(-c6ccccc6)cc5c5cc(-c6ccccc6)cc(-c6ccccc6)c54)c(-c4ccccc4)c3)=N2)cc1. The highest BCUT2D eigenvalue weighted by atomic mass is 15.2. The van der Waals surface area contributed by atoms with Crippen LogP contribution in [0, 0.1) is 0 Å². The van der Waals surface area contributed by atoms with E-state index in [4.69, 9.17) is 9.98 Å². The van der Waals surface area contributed by atoms with Gasteiger partial charge < -0.3 is 9.88 Å². The molecule has 0 spiro atoms. The Kier molecular flexibility index (Phi) is 11.3. The number of benzene rings is 11. The maximum atomic E-state index is 5.39. The van der Waals surface area contributed by atoms with E-state index < -0.39 is 0 Å². The molecule has 0 aliphatic carbocycles. The lowest BCUT2D eigenvalue weighted by Gasteiger charge is -2.26. The second kappa shape index (κ2) is 18.9. The summed E-state index contributed by atoms with van der Waals surface area (Å²) in [5.74, 6) is 1.43. The van der Waals surface area contributed by atoms with Crippen LogP contribution in [0.1, 0.15) is 22.9 Å². The van der Waals surface area contributed by atoms with Gasteiger partial charge in [-0.05, 0) is 86.5 Å². The summed E-state index contributed by atoms with van der Waals surface area (Å²) in [6.45, 7) is 0. The van der Waals surface area contributed by atoms with Gasteiger partial charge in [0.15, 0.2) is 5.84 Å². The minimum Gasteiger partial charge on any atom is -0.344 e. The lowest BCUT2D eigenvalue weighted by Crippen LogP contribution is -2.33. The largest absolute Gasteiger partial charge is 0.344 e. The van der Waals surface area contributed by atoms with Gasteiger partial charge in [0.25, 0.3) is 0 Å². The van der Waals surface area contributed by atoms with Crippen LogP contribution in [-0.4, -0.2) is 16.2 Å². The van der Waals surface area contributed by atoms with Gasteiger partial charge in [-0.3, -0.25) is 0 Å². The molecule has 1 aliphatic heterocycles. The third-order valence-corrected chi connectivity index (χ3v) is 14.0. The van der Waals surface area contributed by atoms with Gasteiger partial charge in [-0.1, -0.05) is 243 Å². The number of nitrogens with one attached hydrogen (secondary N) is 1. The first-order valence-corrected chi connectivity index (χ1v) is 24.9. The molecule has 0 fully saturated rings. The zero-order valence-corrected chi connectivity index (χ0v) is 40.0.